The first-order valence-electron chi connectivity index (χ1n) is 3.96. The fourth-order valence-electron chi connectivity index (χ4n) is 1.41. The molecule has 0 aromatic heterocycles. The molecule has 0 bridgehead atoms. The van der Waals surface area contributed by atoms with E-state index >= 15 is 0 Å². The summed E-state index contributed by atoms with van der Waals surface area (Å²) in [5, 5.41) is 0. The molecule has 0 heterocycles. The molecule has 0 radical (unpaired) electrons. The predicted molar refractivity (Wildman–Crippen MR) is 42.8 cm³/mol. The zero-order chi connectivity index (χ0) is 8.32. The van der Waals surface area contributed by atoms with Crippen molar-refractivity contribution in [3.8, 4) is 0 Å². The van der Waals surface area contributed by atoms with E-state index in [2.05, 4.69) is 0 Å². The SMILES string of the molecule is CS(=O)(=O)OC1CCCCC1.[Ar].[Ar].[Ar].[Ar].[Ar].[Ar].[Ar].[Ar].[Ar].[Ar].[Ar]. The summed E-state index contributed by atoms with van der Waals surface area (Å²) < 4.78 is 26.2. The van der Waals surface area contributed by atoms with Gasteiger partial charge in [0.2, 0.25) is 0 Å². The normalized spacial score (nSPS) is 11.0. The van der Waals surface area contributed by atoms with Gasteiger partial charge in [-0.05, 0) is 12.8 Å². The van der Waals surface area contributed by atoms with E-state index in [1.54, 1.807) is 0 Å². The summed E-state index contributed by atoms with van der Waals surface area (Å²) in [6.45, 7) is 0. The third-order valence-corrected chi connectivity index (χ3v) is 2.48. The topological polar surface area (TPSA) is 43.4 Å². The molecule has 0 aromatic rings. The molecule has 1 fully saturated rings. The van der Waals surface area contributed by atoms with E-state index in [1.807, 2.05) is 0 Å². The molecule has 1 saturated carbocycles. The molecule has 1 aliphatic rings. The average Bonchev–Trinajstić information content (AvgIpc) is 1.85. The second-order valence-electron chi connectivity index (χ2n) is 3.06. The van der Waals surface area contributed by atoms with Gasteiger partial charge in [0, 0.05) is 415 Å². The van der Waals surface area contributed by atoms with Gasteiger partial charge < -0.3 is 0 Å². The van der Waals surface area contributed by atoms with E-state index in [1.165, 1.54) is 6.42 Å². The van der Waals surface area contributed by atoms with Crippen LogP contribution in [-0.4, -0.2) is 20.8 Å². The molecule has 154 valence electrons. The Morgan fingerprint density at radius 3 is 1.14 bits per heavy atom. The maximum absolute atomic E-state index is 10.7. The van der Waals surface area contributed by atoms with Gasteiger partial charge >= 0.3 is 0 Å². The fourth-order valence-corrected chi connectivity index (χ4v) is 2.10. The van der Waals surface area contributed by atoms with Crippen LogP contribution in [0.4, 0.5) is 0 Å². The minimum Gasteiger partial charge on any atom is -0.267 e. The molecule has 1 aliphatic carbocycles. The Balaban J connectivity index is -0.0000000122. The van der Waals surface area contributed by atoms with Crippen molar-refractivity contribution in [1.29, 1.82) is 0 Å². The van der Waals surface area contributed by atoms with Crippen LogP contribution in [0.15, 0.2) is 0 Å². The summed E-state index contributed by atoms with van der Waals surface area (Å²) in [7, 11) is -3.22. The van der Waals surface area contributed by atoms with Gasteiger partial charge in [-0.15, -0.1) is 0 Å². The van der Waals surface area contributed by atoms with Crippen molar-refractivity contribution in [3.05, 3.63) is 0 Å². The van der Waals surface area contributed by atoms with Crippen molar-refractivity contribution in [1.82, 2.24) is 0 Å². The van der Waals surface area contributed by atoms with Gasteiger partial charge in [-0.1, -0.05) is 19.3 Å². The van der Waals surface area contributed by atoms with Crippen LogP contribution >= 0.6 is 0 Å². The Morgan fingerprint density at radius 2 is 0.909 bits per heavy atom. The third kappa shape index (κ3) is 50.6. The summed E-state index contributed by atoms with van der Waals surface area (Å²) in [6, 6.07) is 0. The van der Waals surface area contributed by atoms with Crippen molar-refractivity contribution in [2.75, 3.05) is 6.26 Å². The Bertz CT molecular complexity index is 224. The average molecular weight is 618 g/mol. The van der Waals surface area contributed by atoms with Gasteiger partial charge in [-0.25, -0.2) is 0 Å². The first kappa shape index (κ1) is 70.5. The molecule has 0 N–H and O–H groups in total. The predicted octanol–water partition coefficient (Wildman–Crippen LogP) is 1.30. The second-order valence-corrected chi connectivity index (χ2v) is 4.66. The van der Waals surface area contributed by atoms with Crippen molar-refractivity contribution in [2.24, 2.45) is 0 Å². The molecule has 22 heavy (non-hydrogen) atoms. The summed E-state index contributed by atoms with van der Waals surface area (Å²) in [6.07, 6.45) is 6.27. The molecular formula is C7H14Ar11O3S. The van der Waals surface area contributed by atoms with Crippen molar-refractivity contribution >= 4 is 10.1 Å². The molecular weight excluding hydrogens is 604 g/mol. The van der Waals surface area contributed by atoms with E-state index in [0.29, 0.717) is 0 Å². The van der Waals surface area contributed by atoms with Crippen molar-refractivity contribution < 1.29 is 428 Å². The number of rotatable bonds is 2. The van der Waals surface area contributed by atoms with Crippen LogP contribution < -0.4 is 0 Å². The molecule has 3 nitrogen and oxygen atoms in total. The molecule has 0 unspecified atom stereocenters. The van der Waals surface area contributed by atoms with Crippen LogP contribution in [0.25, 0.3) is 0 Å². The third-order valence-electron chi connectivity index (χ3n) is 1.86. The smallest absolute Gasteiger partial charge is 0.264 e. The van der Waals surface area contributed by atoms with Crippen LogP contribution in [0, 0.1) is 415 Å². The maximum Gasteiger partial charge on any atom is 0.264 e. The van der Waals surface area contributed by atoms with Gasteiger partial charge in [0.05, 0.1) is 12.4 Å². The van der Waals surface area contributed by atoms with E-state index < -0.39 is 10.1 Å². The van der Waals surface area contributed by atoms with Gasteiger partial charge in [0.15, 0.2) is 0 Å². The summed E-state index contributed by atoms with van der Waals surface area (Å²) in [5.74, 6) is 0. The zero-order valence-electron chi connectivity index (χ0n) is 10.6. The molecule has 15 heteroatoms. The first-order chi connectivity index (χ1) is 5.08. The Hall–Kier alpha value is 13.8. The Kier molecular flexibility index (Phi) is 153. The summed E-state index contributed by atoms with van der Waals surface area (Å²) in [4.78, 5) is 0. The van der Waals surface area contributed by atoms with Crippen LogP contribution in [-0.2, 0) is 14.3 Å². The van der Waals surface area contributed by atoms with Gasteiger partial charge in [-0.2, -0.15) is 8.42 Å². The molecule has 0 spiro atoms. The van der Waals surface area contributed by atoms with E-state index in [0.717, 1.165) is 31.9 Å². The number of hydrogen-bond acceptors (Lipinski definition) is 3. The van der Waals surface area contributed by atoms with Crippen molar-refractivity contribution in [3.63, 3.8) is 0 Å². The summed E-state index contributed by atoms with van der Waals surface area (Å²) in [5.41, 5.74) is 0. The van der Waals surface area contributed by atoms with Crippen LogP contribution in [0.3, 0.4) is 0 Å². The molecule has 1 rings (SSSR count). The maximum atomic E-state index is 10.7. The summed E-state index contributed by atoms with van der Waals surface area (Å²) >= 11 is 0. The van der Waals surface area contributed by atoms with Crippen molar-refractivity contribution in [2.45, 2.75) is 38.2 Å². The standard InChI is InChI=1S/C7H14O3S.11Ar/c1-11(8,9)10-7-5-3-2-4-6-7;;;;;;;;;;;/h7H,2-6H2,1H3;;;;;;;;;;;. The van der Waals surface area contributed by atoms with E-state index in [-0.39, 0.29) is 421 Å². The van der Waals surface area contributed by atoms with Gasteiger partial charge in [-0.3, -0.25) is 4.18 Å². The zero-order valence-corrected chi connectivity index (χ0v) is 19.2. The molecule has 0 saturated heterocycles. The van der Waals surface area contributed by atoms with Crippen LogP contribution in [0.2, 0.25) is 0 Å². The molecule has 0 amide bonds. The fraction of sp³-hybridized carbons (Fsp3) is 1.00. The minimum absolute atomic E-state index is 0. The first-order valence-corrected chi connectivity index (χ1v) is 5.78. The largest absolute Gasteiger partial charge is 0.267 e. The Morgan fingerprint density at radius 1 is 0.636 bits per heavy atom. The molecule has 0 atom stereocenters. The van der Waals surface area contributed by atoms with E-state index in [9.17, 15) is 8.42 Å². The monoisotopic (exact) mass is 618 g/mol. The van der Waals surface area contributed by atoms with E-state index in [4.69, 9.17) is 4.18 Å². The van der Waals surface area contributed by atoms with Gasteiger partial charge in [0.1, 0.15) is 0 Å². The van der Waals surface area contributed by atoms with Crippen LogP contribution in [0.1, 0.15) is 32.1 Å². The molecule has 0 aliphatic heterocycles. The van der Waals surface area contributed by atoms with Crippen LogP contribution in [0.5, 0.6) is 0 Å². The minimum atomic E-state index is -3.22. The molecule has 0 aromatic carbocycles. The second kappa shape index (κ2) is 47.9. The Labute approximate surface area is 465 Å². The van der Waals surface area contributed by atoms with Gasteiger partial charge in [0.25, 0.3) is 10.1 Å². The number of hydrogen-bond donors (Lipinski definition) is 0. The quantitative estimate of drug-likeness (QED) is 0.439.